The number of amides is 3. The highest BCUT2D eigenvalue weighted by atomic mass is 32.1. The summed E-state index contributed by atoms with van der Waals surface area (Å²) in [6, 6.07) is 16.1. The van der Waals surface area contributed by atoms with Crippen LogP contribution in [0.4, 0.5) is 5.69 Å². The fourth-order valence-corrected chi connectivity index (χ4v) is 4.08. The molecule has 3 amide bonds. The maximum atomic E-state index is 12.7. The van der Waals surface area contributed by atoms with Gasteiger partial charge in [-0.3, -0.25) is 14.4 Å². The molecule has 7 nitrogen and oxygen atoms in total. The molecule has 1 heterocycles. The number of benzene rings is 2. The number of rotatable bonds is 7. The van der Waals surface area contributed by atoms with Gasteiger partial charge in [0, 0.05) is 29.4 Å². The third kappa shape index (κ3) is 5.01. The molecule has 0 saturated carbocycles. The number of hydrogen-bond donors (Lipinski definition) is 3. The first-order valence-electron chi connectivity index (χ1n) is 9.26. The predicted octanol–water partition coefficient (Wildman–Crippen LogP) is 3.01. The van der Waals surface area contributed by atoms with E-state index in [9.17, 15) is 14.4 Å². The predicted molar refractivity (Wildman–Crippen MR) is 116 cm³/mol. The van der Waals surface area contributed by atoms with E-state index in [1.807, 2.05) is 35.7 Å². The fourth-order valence-electron chi connectivity index (χ4n) is 3.07. The Balaban J connectivity index is 1.76. The quantitative estimate of drug-likeness (QED) is 0.510. The molecule has 0 aliphatic heterocycles. The minimum Gasteiger partial charge on any atom is -0.351 e. The first-order chi connectivity index (χ1) is 14.5. The number of nitrogens with one attached hydrogen (secondary N) is 3. The van der Waals surface area contributed by atoms with Crippen molar-refractivity contribution < 1.29 is 14.4 Å². The molecular weight excluding hydrogens is 400 g/mol. The van der Waals surface area contributed by atoms with Gasteiger partial charge in [0.25, 0.3) is 5.91 Å². The highest BCUT2D eigenvalue weighted by Gasteiger charge is 2.24. The van der Waals surface area contributed by atoms with Crippen molar-refractivity contribution in [3.05, 3.63) is 65.0 Å². The third-order valence-electron chi connectivity index (χ3n) is 4.48. The van der Waals surface area contributed by atoms with Gasteiger partial charge in [-0.05, 0) is 46.7 Å². The van der Waals surface area contributed by atoms with Gasteiger partial charge in [0.05, 0.1) is 12.0 Å². The van der Waals surface area contributed by atoms with E-state index in [-0.39, 0.29) is 30.8 Å². The summed E-state index contributed by atoms with van der Waals surface area (Å²) >= 11 is 1.53. The monoisotopic (exact) mass is 420 g/mol. The highest BCUT2D eigenvalue weighted by molar-refractivity contribution is 7.17. The number of fused-ring (bicyclic) bond motifs is 1. The zero-order chi connectivity index (χ0) is 21.5. The first-order valence-corrected chi connectivity index (χ1v) is 10.1. The van der Waals surface area contributed by atoms with Gasteiger partial charge in [-0.1, -0.05) is 18.2 Å². The van der Waals surface area contributed by atoms with Gasteiger partial charge in [0.15, 0.2) is 0 Å². The minimum absolute atomic E-state index is 0.0876. The van der Waals surface area contributed by atoms with Crippen LogP contribution >= 0.6 is 11.3 Å². The topological polar surface area (TPSA) is 111 Å². The zero-order valence-electron chi connectivity index (χ0n) is 16.3. The highest BCUT2D eigenvalue weighted by Crippen LogP contribution is 2.31. The Labute approximate surface area is 177 Å². The van der Waals surface area contributed by atoms with E-state index in [0.29, 0.717) is 11.3 Å². The van der Waals surface area contributed by atoms with Crippen LogP contribution in [0.3, 0.4) is 0 Å². The summed E-state index contributed by atoms with van der Waals surface area (Å²) in [6.45, 7) is 1.40. The van der Waals surface area contributed by atoms with Crippen molar-refractivity contribution in [2.24, 2.45) is 0 Å². The third-order valence-corrected chi connectivity index (χ3v) is 5.46. The maximum Gasteiger partial charge on any atom is 0.251 e. The number of carbonyl (C=O) groups excluding carboxylic acids is 3. The molecule has 0 spiro atoms. The SMILES string of the molecule is CC(=O)Nc1ccc(C(=O)NCC(C(=O)NCC#N)c2csc3ccccc23)cc1. The minimum atomic E-state index is -0.628. The summed E-state index contributed by atoms with van der Waals surface area (Å²) in [5.74, 6) is -1.47. The lowest BCUT2D eigenvalue weighted by Crippen LogP contribution is -2.37. The standard InChI is InChI=1S/C22H20N4O3S/c1-14(27)26-16-8-6-15(7-9-16)21(28)25-12-18(22(29)24-11-10-23)19-13-30-20-5-3-2-4-17(19)20/h2-9,13,18H,11-12H2,1H3,(H,24,29)(H,25,28)(H,26,27). The average Bonchev–Trinajstić information content (AvgIpc) is 3.16. The number of nitriles is 1. The van der Waals surface area contributed by atoms with Crippen molar-refractivity contribution >= 4 is 44.8 Å². The number of anilines is 1. The van der Waals surface area contributed by atoms with Crippen LogP contribution in [0.15, 0.2) is 53.9 Å². The van der Waals surface area contributed by atoms with Gasteiger partial charge in [-0.25, -0.2) is 0 Å². The Morgan fingerprint density at radius 3 is 2.50 bits per heavy atom. The lowest BCUT2D eigenvalue weighted by molar-refractivity contribution is -0.122. The Morgan fingerprint density at radius 1 is 1.07 bits per heavy atom. The van der Waals surface area contributed by atoms with Crippen LogP contribution < -0.4 is 16.0 Å². The summed E-state index contributed by atoms with van der Waals surface area (Å²) in [4.78, 5) is 36.4. The summed E-state index contributed by atoms with van der Waals surface area (Å²) in [7, 11) is 0. The second-order valence-electron chi connectivity index (χ2n) is 6.58. The van der Waals surface area contributed by atoms with E-state index >= 15 is 0 Å². The molecule has 1 unspecified atom stereocenters. The molecule has 152 valence electrons. The molecule has 0 saturated heterocycles. The van der Waals surface area contributed by atoms with Crippen LogP contribution in [0.2, 0.25) is 0 Å². The molecule has 0 bridgehead atoms. The summed E-state index contributed by atoms with van der Waals surface area (Å²) in [6.07, 6.45) is 0. The normalized spacial score (nSPS) is 11.3. The van der Waals surface area contributed by atoms with Gasteiger partial charge in [0.2, 0.25) is 11.8 Å². The Bertz CT molecular complexity index is 1120. The number of thiophene rings is 1. The van der Waals surface area contributed by atoms with Gasteiger partial charge in [0.1, 0.15) is 6.54 Å². The number of nitrogens with zero attached hydrogens (tertiary/aromatic N) is 1. The van der Waals surface area contributed by atoms with Crippen molar-refractivity contribution in [1.29, 1.82) is 5.26 Å². The van der Waals surface area contributed by atoms with Crippen molar-refractivity contribution in [2.45, 2.75) is 12.8 Å². The number of carbonyl (C=O) groups is 3. The molecule has 0 aliphatic carbocycles. The molecule has 3 N–H and O–H groups in total. The van der Waals surface area contributed by atoms with Crippen LogP contribution in [0, 0.1) is 11.3 Å². The second kappa shape index (κ2) is 9.67. The zero-order valence-corrected chi connectivity index (χ0v) is 17.1. The lowest BCUT2D eigenvalue weighted by atomic mass is 9.97. The molecule has 1 aromatic heterocycles. The first kappa shape index (κ1) is 21.0. The van der Waals surface area contributed by atoms with E-state index in [4.69, 9.17) is 5.26 Å². The Kier molecular flexibility index (Phi) is 6.78. The van der Waals surface area contributed by atoms with E-state index in [0.717, 1.165) is 15.6 Å². The van der Waals surface area contributed by atoms with E-state index in [2.05, 4.69) is 16.0 Å². The van der Waals surface area contributed by atoms with Crippen LogP contribution in [0.1, 0.15) is 28.8 Å². The number of hydrogen-bond acceptors (Lipinski definition) is 5. The van der Waals surface area contributed by atoms with Gasteiger partial charge in [-0.2, -0.15) is 5.26 Å². The van der Waals surface area contributed by atoms with E-state index in [1.54, 1.807) is 24.3 Å². The summed E-state index contributed by atoms with van der Waals surface area (Å²) in [5.41, 5.74) is 1.82. The molecule has 2 aromatic carbocycles. The summed E-state index contributed by atoms with van der Waals surface area (Å²) < 4.78 is 1.05. The van der Waals surface area contributed by atoms with Crippen LogP contribution in [0.25, 0.3) is 10.1 Å². The van der Waals surface area contributed by atoms with Crippen molar-refractivity contribution in [3.63, 3.8) is 0 Å². The molecule has 30 heavy (non-hydrogen) atoms. The van der Waals surface area contributed by atoms with E-state index in [1.165, 1.54) is 18.3 Å². The largest absolute Gasteiger partial charge is 0.351 e. The average molecular weight is 420 g/mol. The Hall–Kier alpha value is -3.70. The molecule has 3 rings (SSSR count). The molecule has 0 aliphatic rings. The molecule has 0 fully saturated rings. The summed E-state index contributed by atoms with van der Waals surface area (Å²) in [5, 5.41) is 19.7. The maximum absolute atomic E-state index is 12.7. The van der Waals surface area contributed by atoms with Gasteiger partial charge in [-0.15, -0.1) is 11.3 Å². The van der Waals surface area contributed by atoms with Crippen LogP contribution in [-0.4, -0.2) is 30.8 Å². The van der Waals surface area contributed by atoms with Crippen molar-refractivity contribution in [2.75, 3.05) is 18.4 Å². The molecule has 0 radical (unpaired) electrons. The second-order valence-corrected chi connectivity index (χ2v) is 7.50. The lowest BCUT2D eigenvalue weighted by Gasteiger charge is -2.17. The van der Waals surface area contributed by atoms with E-state index < -0.39 is 5.92 Å². The Morgan fingerprint density at radius 2 is 1.80 bits per heavy atom. The molecule has 8 heteroatoms. The van der Waals surface area contributed by atoms with Crippen molar-refractivity contribution in [3.8, 4) is 6.07 Å². The molecule has 3 aromatic rings. The van der Waals surface area contributed by atoms with Crippen LogP contribution in [-0.2, 0) is 9.59 Å². The molecule has 1 atom stereocenters. The van der Waals surface area contributed by atoms with Crippen molar-refractivity contribution in [1.82, 2.24) is 10.6 Å². The van der Waals surface area contributed by atoms with Gasteiger partial charge < -0.3 is 16.0 Å². The smallest absolute Gasteiger partial charge is 0.251 e. The molecular formula is C22H20N4O3S. The van der Waals surface area contributed by atoms with Gasteiger partial charge >= 0.3 is 0 Å². The van der Waals surface area contributed by atoms with Crippen LogP contribution in [0.5, 0.6) is 0 Å². The fraction of sp³-hybridized carbons (Fsp3) is 0.182.